The van der Waals surface area contributed by atoms with Crippen molar-refractivity contribution in [2.45, 2.75) is 52.9 Å². The van der Waals surface area contributed by atoms with E-state index in [0.29, 0.717) is 0 Å². The standard InChI is InChI=1S/C18H25O2.Mo/c1-5-7-17(14(4)20)18(12-19)16(6-2)15-10-8-13(3)9-11-15;/h8-11,16-18H,5-7H2,1-4H3;. The van der Waals surface area contributed by atoms with Gasteiger partial charge in [-0.15, -0.1) is 0 Å². The molecule has 115 valence electrons. The van der Waals surface area contributed by atoms with Crippen LogP contribution in [0.15, 0.2) is 24.3 Å². The van der Waals surface area contributed by atoms with Gasteiger partial charge >= 0.3 is 139 Å². The van der Waals surface area contributed by atoms with E-state index in [2.05, 4.69) is 45.0 Å². The second-order valence-electron chi connectivity index (χ2n) is 5.78. The summed E-state index contributed by atoms with van der Waals surface area (Å²) in [5.74, 6) is -0.0722. The van der Waals surface area contributed by atoms with Gasteiger partial charge in [-0.2, -0.15) is 0 Å². The second kappa shape index (κ2) is 8.63. The van der Waals surface area contributed by atoms with E-state index in [9.17, 15) is 9.59 Å². The molecule has 0 spiro atoms. The molecule has 21 heavy (non-hydrogen) atoms. The van der Waals surface area contributed by atoms with E-state index in [1.54, 1.807) is 26.7 Å². The van der Waals surface area contributed by atoms with Gasteiger partial charge in [-0.05, 0) is 0 Å². The average Bonchev–Trinajstić information content (AvgIpc) is 2.43. The van der Waals surface area contributed by atoms with Crippen molar-refractivity contribution in [1.82, 2.24) is 0 Å². The Morgan fingerprint density at radius 1 is 1.14 bits per heavy atom. The summed E-state index contributed by atoms with van der Waals surface area (Å²) in [6.45, 7) is 7.86. The third kappa shape index (κ3) is 4.88. The van der Waals surface area contributed by atoms with Crippen molar-refractivity contribution in [2.24, 2.45) is 11.8 Å². The van der Waals surface area contributed by atoms with E-state index in [4.69, 9.17) is 0 Å². The maximum absolute atomic E-state index is 12.3. The Morgan fingerprint density at radius 3 is 2.10 bits per heavy atom. The molecule has 0 bridgehead atoms. The monoisotopic (exact) mass is 371 g/mol. The van der Waals surface area contributed by atoms with Crippen LogP contribution in [-0.2, 0) is 29.4 Å². The number of benzene rings is 1. The topological polar surface area (TPSA) is 34.1 Å². The minimum absolute atomic E-state index is 0.131. The molecular formula is C18H25MoO2. The molecule has 0 aliphatic heterocycles. The van der Waals surface area contributed by atoms with Crippen molar-refractivity contribution in [3.05, 3.63) is 35.4 Å². The molecule has 1 aromatic carbocycles. The zero-order chi connectivity index (χ0) is 16.0. The zero-order valence-corrected chi connectivity index (χ0v) is 15.4. The number of hydrogen-bond acceptors (Lipinski definition) is 2. The Balaban J connectivity index is 3.19. The quantitative estimate of drug-likeness (QED) is 0.644. The molecule has 0 fully saturated rings. The van der Waals surface area contributed by atoms with Crippen molar-refractivity contribution >= 4 is 9.96 Å². The van der Waals surface area contributed by atoms with Crippen molar-refractivity contribution in [2.75, 3.05) is 0 Å². The molecule has 0 radical (unpaired) electrons. The first-order chi connectivity index (χ1) is 9.92. The molecule has 3 unspecified atom stereocenters. The number of aryl methyl sites for hydroxylation is 1. The predicted octanol–water partition coefficient (Wildman–Crippen LogP) is 4.18. The summed E-state index contributed by atoms with van der Waals surface area (Å²) in [7, 11) is 0. The maximum atomic E-state index is 12.3. The van der Waals surface area contributed by atoms with Crippen molar-refractivity contribution < 1.29 is 29.4 Å². The van der Waals surface area contributed by atoms with E-state index < -0.39 is 0 Å². The summed E-state index contributed by atoms with van der Waals surface area (Å²) >= 11 is 1.55. The Kier molecular flexibility index (Phi) is 7.52. The fraction of sp³-hybridized carbons (Fsp3) is 0.556. The number of hydrogen-bond donors (Lipinski definition) is 0. The van der Waals surface area contributed by atoms with Crippen LogP contribution in [0.3, 0.4) is 0 Å². The molecule has 2 nitrogen and oxygen atoms in total. The molecule has 3 heteroatoms. The van der Waals surface area contributed by atoms with Crippen LogP contribution in [0.25, 0.3) is 0 Å². The van der Waals surface area contributed by atoms with Crippen molar-refractivity contribution in [1.29, 1.82) is 0 Å². The third-order valence-corrected chi connectivity index (χ3v) is 4.88. The Hall–Kier alpha value is -0.752. The Morgan fingerprint density at radius 2 is 1.71 bits per heavy atom. The molecule has 0 saturated carbocycles. The summed E-state index contributed by atoms with van der Waals surface area (Å²) in [6, 6.07) is 8.37. The fourth-order valence-corrected chi connectivity index (χ4v) is 3.87. The number of Topliss-reactive ketones (excluding diaryl/α,β-unsaturated/α-hetero) is 1. The van der Waals surface area contributed by atoms with Gasteiger partial charge in [0.05, 0.1) is 0 Å². The van der Waals surface area contributed by atoms with Gasteiger partial charge in [0.2, 0.25) is 0 Å². The molecule has 0 heterocycles. The number of carbonyl (C=O) groups excluding carboxylic acids is 2. The minimum atomic E-state index is -0.194. The van der Waals surface area contributed by atoms with E-state index in [-0.39, 0.29) is 27.7 Å². The predicted molar refractivity (Wildman–Crippen MR) is 81.8 cm³/mol. The SMILES string of the molecule is CCCC(C(C)=O)C([C](=O)[Mo])C(CC)c1ccc(C)cc1. The van der Waals surface area contributed by atoms with Gasteiger partial charge in [0.15, 0.2) is 0 Å². The molecule has 0 aliphatic carbocycles. The van der Waals surface area contributed by atoms with Gasteiger partial charge in [-0.25, -0.2) is 0 Å². The van der Waals surface area contributed by atoms with Crippen LogP contribution >= 0.6 is 0 Å². The number of rotatable bonds is 8. The van der Waals surface area contributed by atoms with Gasteiger partial charge in [0, 0.05) is 0 Å². The molecule has 0 amide bonds. The summed E-state index contributed by atoms with van der Waals surface area (Å²) in [6.07, 6.45) is 2.60. The first-order valence-electron chi connectivity index (χ1n) is 7.70. The number of ketones is 1. The van der Waals surface area contributed by atoms with E-state index >= 15 is 0 Å². The van der Waals surface area contributed by atoms with Gasteiger partial charge in [0.25, 0.3) is 0 Å². The third-order valence-electron chi connectivity index (χ3n) is 4.21. The summed E-state index contributed by atoms with van der Waals surface area (Å²) < 4.78 is 0.145. The summed E-state index contributed by atoms with van der Waals surface area (Å²) in [5.41, 5.74) is 2.39. The normalized spacial score (nSPS) is 15.2. The van der Waals surface area contributed by atoms with Crippen LogP contribution in [0.5, 0.6) is 0 Å². The van der Waals surface area contributed by atoms with E-state index in [1.165, 1.54) is 11.1 Å². The average molecular weight is 369 g/mol. The van der Waals surface area contributed by atoms with Crippen LogP contribution in [0, 0.1) is 18.8 Å². The van der Waals surface area contributed by atoms with E-state index in [1.807, 2.05) is 0 Å². The van der Waals surface area contributed by atoms with Crippen molar-refractivity contribution in [3.63, 3.8) is 0 Å². The molecule has 3 atom stereocenters. The summed E-state index contributed by atoms with van der Waals surface area (Å²) in [5, 5.41) is 0. The molecule has 0 N–H and O–H groups in total. The molecule has 0 saturated heterocycles. The first-order valence-corrected chi connectivity index (χ1v) is 8.70. The molecule has 1 rings (SSSR count). The van der Waals surface area contributed by atoms with E-state index in [0.717, 1.165) is 19.3 Å². The fourth-order valence-electron chi connectivity index (χ4n) is 3.07. The van der Waals surface area contributed by atoms with Crippen LogP contribution in [-0.4, -0.2) is 9.96 Å². The Labute approximate surface area is 139 Å². The number of carbonyl (C=O) groups is 2. The molecule has 0 aromatic heterocycles. The van der Waals surface area contributed by atoms with Gasteiger partial charge < -0.3 is 0 Å². The Bertz CT molecular complexity index is 478. The molecule has 0 aliphatic rings. The van der Waals surface area contributed by atoms with Gasteiger partial charge in [-0.3, -0.25) is 0 Å². The summed E-state index contributed by atoms with van der Waals surface area (Å²) in [4.78, 5) is 24.3. The molecular weight excluding hydrogens is 344 g/mol. The molecule has 1 aromatic rings. The first kappa shape index (κ1) is 18.3. The van der Waals surface area contributed by atoms with Gasteiger partial charge in [0.1, 0.15) is 0 Å². The van der Waals surface area contributed by atoms with Crippen LogP contribution < -0.4 is 0 Å². The van der Waals surface area contributed by atoms with Crippen LogP contribution in [0.4, 0.5) is 0 Å². The second-order valence-corrected chi connectivity index (χ2v) is 6.77. The van der Waals surface area contributed by atoms with Crippen LogP contribution in [0.2, 0.25) is 0 Å². The zero-order valence-electron chi connectivity index (χ0n) is 13.4. The van der Waals surface area contributed by atoms with Crippen LogP contribution in [0.1, 0.15) is 57.1 Å². The van der Waals surface area contributed by atoms with Crippen molar-refractivity contribution in [3.8, 4) is 0 Å². The van der Waals surface area contributed by atoms with Gasteiger partial charge in [-0.1, -0.05) is 0 Å².